The fourth-order valence-electron chi connectivity index (χ4n) is 2.70. The maximum atomic E-state index is 11.4. The zero-order chi connectivity index (χ0) is 15.8. The molecule has 0 heterocycles. The molecular formula is C18H41NO4. The average Bonchev–Trinajstić information content (AvgIpc) is 2.51. The van der Waals surface area contributed by atoms with Gasteiger partial charge in [-0.3, -0.25) is 4.79 Å². The molecule has 0 aliphatic carbocycles. The summed E-state index contributed by atoms with van der Waals surface area (Å²) < 4.78 is 0. The Morgan fingerprint density at radius 3 is 1.48 bits per heavy atom. The van der Waals surface area contributed by atoms with Crippen molar-refractivity contribution in [3.05, 3.63) is 0 Å². The Labute approximate surface area is 143 Å². The van der Waals surface area contributed by atoms with Gasteiger partial charge >= 0.3 is 0 Å². The van der Waals surface area contributed by atoms with Crippen LogP contribution in [0.2, 0.25) is 0 Å². The second-order valence-corrected chi connectivity index (χ2v) is 6.02. The van der Waals surface area contributed by atoms with Crippen molar-refractivity contribution in [2.75, 3.05) is 19.7 Å². The van der Waals surface area contributed by atoms with Crippen molar-refractivity contribution in [1.82, 2.24) is 4.90 Å². The first-order chi connectivity index (χ1) is 10.3. The molecule has 0 saturated carbocycles. The third-order valence-corrected chi connectivity index (χ3v) is 4.15. The highest BCUT2D eigenvalue weighted by Crippen LogP contribution is 2.12. The Kier molecular flexibility index (Phi) is 25.3. The van der Waals surface area contributed by atoms with Crippen LogP contribution in [0.4, 0.5) is 0 Å². The number of hydrogen-bond acceptors (Lipinski definition) is 2. The summed E-state index contributed by atoms with van der Waals surface area (Å²) in [7, 11) is 0. The molecule has 5 heteroatoms. The summed E-state index contributed by atoms with van der Waals surface area (Å²) >= 11 is 0. The minimum Gasteiger partial charge on any atom is -0.412 e. The molecule has 142 valence electrons. The molecule has 5 N–H and O–H groups in total. The molecule has 0 aliphatic heterocycles. The first-order valence-electron chi connectivity index (χ1n) is 9.14. The molecule has 0 aromatic heterocycles. The van der Waals surface area contributed by atoms with Crippen molar-refractivity contribution in [3.8, 4) is 0 Å². The van der Waals surface area contributed by atoms with Crippen LogP contribution >= 0.6 is 0 Å². The van der Waals surface area contributed by atoms with Gasteiger partial charge in [-0.25, -0.2) is 0 Å². The summed E-state index contributed by atoms with van der Waals surface area (Å²) in [5.74, 6) is -0.138. The van der Waals surface area contributed by atoms with E-state index in [0.717, 1.165) is 13.0 Å². The maximum Gasteiger partial charge on any atom is 0.248 e. The van der Waals surface area contributed by atoms with Gasteiger partial charge in [-0.1, -0.05) is 77.6 Å². The molecule has 0 spiro atoms. The summed E-state index contributed by atoms with van der Waals surface area (Å²) in [5.41, 5.74) is 0. The molecule has 0 saturated heterocycles. The Hall–Kier alpha value is -0.650. The second-order valence-electron chi connectivity index (χ2n) is 6.02. The number of amides is 1. The van der Waals surface area contributed by atoms with E-state index in [-0.39, 0.29) is 23.5 Å². The normalized spacial score (nSPS) is 9.87. The number of carbonyl (C=O) groups is 1. The standard InChI is InChI=1S/C18H37NO2.2H2O/c1-3-5-6-7-8-9-10-11-12-13-14-15-16-19(4-2)18(21)17-20;;/h20H,3-17H2,1-2H3;2*1H2. The predicted molar refractivity (Wildman–Crippen MR) is 97.6 cm³/mol. The molecule has 0 aromatic rings. The van der Waals surface area contributed by atoms with E-state index in [1.807, 2.05) is 6.92 Å². The summed E-state index contributed by atoms with van der Waals surface area (Å²) in [5, 5.41) is 8.84. The van der Waals surface area contributed by atoms with Crippen molar-refractivity contribution in [3.63, 3.8) is 0 Å². The van der Waals surface area contributed by atoms with Crippen LogP contribution in [0.3, 0.4) is 0 Å². The molecule has 5 nitrogen and oxygen atoms in total. The van der Waals surface area contributed by atoms with E-state index in [1.165, 1.54) is 70.6 Å². The van der Waals surface area contributed by atoms with Crippen LogP contribution in [-0.4, -0.2) is 46.6 Å². The summed E-state index contributed by atoms with van der Waals surface area (Å²) in [6, 6.07) is 0. The van der Waals surface area contributed by atoms with E-state index < -0.39 is 0 Å². The molecule has 1 amide bonds. The van der Waals surface area contributed by atoms with Gasteiger partial charge in [0, 0.05) is 13.1 Å². The van der Waals surface area contributed by atoms with Crippen molar-refractivity contribution in [2.45, 2.75) is 90.9 Å². The number of aliphatic hydroxyl groups is 1. The number of carbonyl (C=O) groups excluding carboxylic acids is 1. The lowest BCUT2D eigenvalue weighted by atomic mass is 10.1. The lowest BCUT2D eigenvalue weighted by molar-refractivity contribution is -0.134. The number of aliphatic hydroxyl groups excluding tert-OH is 1. The molecule has 0 aliphatic rings. The largest absolute Gasteiger partial charge is 0.412 e. The molecule has 0 bridgehead atoms. The first kappa shape index (κ1) is 27.2. The lowest BCUT2D eigenvalue weighted by Crippen LogP contribution is -2.33. The fourth-order valence-corrected chi connectivity index (χ4v) is 2.70. The van der Waals surface area contributed by atoms with Gasteiger partial charge < -0.3 is 21.0 Å². The van der Waals surface area contributed by atoms with Crippen LogP contribution in [0, 0.1) is 0 Å². The number of likely N-dealkylation sites (N-methyl/N-ethyl adjacent to an activating group) is 1. The minimum atomic E-state index is -0.355. The predicted octanol–water partition coefficient (Wildman–Crippen LogP) is 2.88. The Balaban J connectivity index is -0.00000200. The molecule has 23 heavy (non-hydrogen) atoms. The highest BCUT2D eigenvalue weighted by molar-refractivity contribution is 5.77. The fraction of sp³-hybridized carbons (Fsp3) is 0.944. The Morgan fingerprint density at radius 1 is 0.739 bits per heavy atom. The SMILES string of the molecule is CCCCCCCCCCCCCCN(CC)C(=O)CO.O.O. The molecule has 0 radical (unpaired) electrons. The quantitative estimate of drug-likeness (QED) is 0.465. The zero-order valence-electron chi connectivity index (χ0n) is 15.4. The Morgan fingerprint density at radius 2 is 1.13 bits per heavy atom. The van der Waals surface area contributed by atoms with E-state index >= 15 is 0 Å². The molecule has 0 atom stereocenters. The lowest BCUT2D eigenvalue weighted by Gasteiger charge is -2.19. The van der Waals surface area contributed by atoms with E-state index in [1.54, 1.807) is 4.90 Å². The van der Waals surface area contributed by atoms with Crippen molar-refractivity contribution in [2.24, 2.45) is 0 Å². The van der Waals surface area contributed by atoms with Gasteiger partial charge in [-0.15, -0.1) is 0 Å². The smallest absolute Gasteiger partial charge is 0.248 e. The molecule has 0 fully saturated rings. The summed E-state index contributed by atoms with van der Waals surface area (Å²) in [6.07, 6.45) is 16.0. The zero-order valence-corrected chi connectivity index (χ0v) is 15.4. The summed E-state index contributed by atoms with van der Waals surface area (Å²) in [4.78, 5) is 13.1. The van der Waals surface area contributed by atoms with Crippen molar-refractivity contribution in [1.29, 1.82) is 0 Å². The monoisotopic (exact) mass is 335 g/mol. The number of rotatable bonds is 15. The highest BCUT2D eigenvalue weighted by Gasteiger charge is 2.08. The van der Waals surface area contributed by atoms with Gasteiger partial charge in [-0.05, 0) is 13.3 Å². The molecule has 0 rings (SSSR count). The minimum absolute atomic E-state index is 0. The van der Waals surface area contributed by atoms with Gasteiger partial charge in [-0.2, -0.15) is 0 Å². The number of nitrogens with zero attached hydrogens (tertiary/aromatic N) is 1. The summed E-state index contributed by atoms with van der Waals surface area (Å²) in [6.45, 7) is 5.38. The average molecular weight is 336 g/mol. The van der Waals surface area contributed by atoms with Gasteiger partial charge in [0.05, 0.1) is 0 Å². The molecule has 0 unspecified atom stereocenters. The maximum absolute atomic E-state index is 11.4. The van der Waals surface area contributed by atoms with Gasteiger partial charge in [0.1, 0.15) is 6.61 Å². The third-order valence-electron chi connectivity index (χ3n) is 4.15. The van der Waals surface area contributed by atoms with Gasteiger partial charge in [0.15, 0.2) is 0 Å². The molecule has 0 aromatic carbocycles. The van der Waals surface area contributed by atoms with Crippen LogP contribution in [0.1, 0.15) is 90.9 Å². The van der Waals surface area contributed by atoms with Crippen molar-refractivity contribution < 1.29 is 20.9 Å². The second kappa shape index (κ2) is 21.4. The third kappa shape index (κ3) is 17.5. The van der Waals surface area contributed by atoms with E-state index in [4.69, 9.17) is 5.11 Å². The van der Waals surface area contributed by atoms with E-state index in [0.29, 0.717) is 6.54 Å². The van der Waals surface area contributed by atoms with Gasteiger partial charge in [0.2, 0.25) is 5.91 Å². The first-order valence-corrected chi connectivity index (χ1v) is 9.14. The van der Waals surface area contributed by atoms with Gasteiger partial charge in [0.25, 0.3) is 0 Å². The van der Waals surface area contributed by atoms with Crippen LogP contribution in [0.5, 0.6) is 0 Å². The Bertz CT molecular complexity index is 237. The molecular weight excluding hydrogens is 294 g/mol. The number of unbranched alkanes of at least 4 members (excludes halogenated alkanes) is 11. The van der Waals surface area contributed by atoms with Crippen LogP contribution < -0.4 is 0 Å². The topological polar surface area (TPSA) is 104 Å². The van der Waals surface area contributed by atoms with Crippen LogP contribution in [0.15, 0.2) is 0 Å². The van der Waals surface area contributed by atoms with Crippen molar-refractivity contribution >= 4 is 5.91 Å². The van der Waals surface area contributed by atoms with Crippen LogP contribution in [0.25, 0.3) is 0 Å². The number of hydrogen-bond donors (Lipinski definition) is 1. The van der Waals surface area contributed by atoms with Crippen LogP contribution in [-0.2, 0) is 4.79 Å². The van der Waals surface area contributed by atoms with E-state index in [2.05, 4.69) is 6.92 Å². The van der Waals surface area contributed by atoms with E-state index in [9.17, 15) is 4.79 Å². The highest BCUT2D eigenvalue weighted by atomic mass is 16.3.